The minimum absolute atomic E-state index is 0.0285. The zero-order valence-corrected chi connectivity index (χ0v) is 8.36. The van der Waals surface area contributed by atoms with Gasteiger partial charge in [-0.3, -0.25) is 0 Å². The third-order valence-electron chi connectivity index (χ3n) is 1.52. The molecule has 0 aliphatic heterocycles. The van der Waals surface area contributed by atoms with Crippen LogP contribution in [0.25, 0.3) is 0 Å². The van der Waals surface area contributed by atoms with Crippen molar-refractivity contribution in [1.82, 2.24) is 0 Å². The minimum atomic E-state index is -3.71. The van der Waals surface area contributed by atoms with Crippen LogP contribution in [0.5, 0.6) is 0 Å². The average Bonchev–Trinajstić information content (AvgIpc) is 2.14. The number of sulfonamides is 1. The van der Waals surface area contributed by atoms with E-state index in [0.717, 1.165) is 0 Å². The summed E-state index contributed by atoms with van der Waals surface area (Å²) in [5.74, 6) is 0. The molecule has 5 nitrogen and oxygen atoms in total. The maximum absolute atomic E-state index is 11.1. The first kappa shape index (κ1) is 10.7. The van der Waals surface area contributed by atoms with Crippen LogP contribution in [0, 0.1) is 0 Å². The van der Waals surface area contributed by atoms with Gasteiger partial charge in [-0.2, -0.15) is 0 Å². The lowest BCUT2D eigenvalue weighted by Crippen LogP contribution is -2.14. The molecule has 6 heteroatoms. The van der Waals surface area contributed by atoms with Gasteiger partial charge in [0.05, 0.1) is 11.1 Å². The zero-order valence-electron chi connectivity index (χ0n) is 7.54. The fourth-order valence-corrected chi connectivity index (χ4v) is 1.67. The molecule has 0 radical (unpaired) electrons. The van der Waals surface area contributed by atoms with Crippen LogP contribution in [0.2, 0.25) is 0 Å². The summed E-state index contributed by atoms with van der Waals surface area (Å²) in [6.45, 7) is 0. The Kier molecular flexibility index (Phi) is 3.21. The third kappa shape index (κ3) is 2.54. The predicted molar refractivity (Wildman–Crippen MR) is 52.4 cm³/mol. The van der Waals surface area contributed by atoms with Gasteiger partial charge in [-0.25, -0.2) is 13.6 Å². The van der Waals surface area contributed by atoms with Crippen molar-refractivity contribution in [2.75, 3.05) is 7.11 Å². The topological polar surface area (TPSA) is 81.8 Å². The summed E-state index contributed by atoms with van der Waals surface area (Å²) in [5.41, 5.74) is 0.400. The molecule has 2 N–H and O–H groups in total. The van der Waals surface area contributed by atoms with Gasteiger partial charge in [0.15, 0.2) is 0 Å². The first-order valence-electron chi connectivity index (χ1n) is 3.74. The van der Waals surface area contributed by atoms with Crippen molar-refractivity contribution in [1.29, 1.82) is 0 Å². The summed E-state index contributed by atoms with van der Waals surface area (Å²) >= 11 is 0. The second kappa shape index (κ2) is 4.21. The molecule has 0 aromatic heterocycles. The monoisotopic (exact) mass is 214 g/mol. The quantitative estimate of drug-likeness (QED) is 0.581. The van der Waals surface area contributed by atoms with Crippen molar-refractivity contribution in [2.24, 2.45) is 10.3 Å². The Morgan fingerprint density at radius 2 is 2.07 bits per heavy atom. The maximum Gasteiger partial charge on any atom is 0.238 e. The molecule has 0 saturated carbocycles. The number of hydrogen-bond donors (Lipinski definition) is 1. The van der Waals surface area contributed by atoms with Crippen LogP contribution in [0.1, 0.15) is 5.56 Å². The highest BCUT2D eigenvalue weighted by Gasteiger charge is 2.11. The van der Waals surface area contributed by atoms with Gasteiger partial charge in [0.2, 0.25) is 10.0 Å². The molecular weight excluding hydrogens is 204 g/mol. The highest BCUT2D eigenvalue weighted by atomic mass is 32.2. The molecule has 0 bridgehead atoms. The van der Waals surface area contributed by atoms with E-state index in [1.807, 2.05) is 0 Å². The van der Waals surface area contributed by atoms with E-state index in [-0.39, 0.29) is 4.90 Å². The SMILES string of the molecule is CO/N=C/c1ccccc1S(N)(=O)=O. The highest BCUT2D eigenvalue weighted by Crippen LogP contribution is 2.11. The van der Waals surface area contributed by atoms with E-state index in [2.05, 4.69) is 9.99 Å². The predicted octanol–water partition coefficient (Wildman–Crippen LogP) is 0.314. The number of benzene rings is 1. The van der Waals surface area contributed by atoms with Crippen molar-refractivity contribution in [3.8, 4) is 0 Å². The van der Waals surface area contributed by atoms with E-state index < -0.39 is 10.0 Å². The summed E-state index contributed by atoms with van der Waals surface area (Å²) in [6.07, 6.45) is 1.29. The van der Waals surface area contributed by atoms with Gasteiger partial charge in [0.25, 0.3) is 0 Å². The first-order chi connectivity index (χ1) is 6.55. The van der Waals surface area contributed by atoms with E-state index >= 15 is 0 Å². The molecule has 0 fully saturated rings. The second-order valence-corrected chi connectivity index (χ2v) is 4.03. The highest BCUT2D eigenvalue weighted by molar-refractivity contribution is 7.89. The van der Waals surface area contributed by atoms with Crippen LogP contribution < -0.4 is 5.14 Å². The van der Waals surface area contributed by atoms with Gasteiger partial charge in [0, 0.05) is 5.56 Å². The number of nitrogens with zero attached hydrogens (tertiary/aromatic N) is 1. The molecular formula is C8H10N2O3S. The number of nitrogens with two attached hydrogens (primary N) is 1. The third-order valence-corrected chi connectivity index (χ3v) is 2.51. The van der Waals surface area contributed by atoms with Crippen LogP contribution in [-0.4, -0.2) is 21.7 Å². The molecule has 0 spiro atoms. The van der Waals surface area contributed by atoms with Crippen LogP contribution in [0.15, 0.2) is 34.3 Å². The van der Waals surface area contributed by atoms with Crippen LogP contribution in [0.3, 0.4) is 0 Å². The maximum atomic E-state index is 11.1. The molecule has 14 heavy (non-hydrogen) atoms. The van der Waals surface area contributed by atoms with Gasteiger partial charge in [-0.15, -0.1) is 0 Å². The van der Waals surface area contributed by atoms with Crippen molar-refractivity contribution < 1.29 is 13.3 Å². The fourth-order valence-electron chi connectivity index (χ4n) is 0.956. The minimum Gasteiger partial charge on any atom is -0.399 e. The summed E-state index contributed by atoms with van der Waals surface area (Å²) in [7, 11) is -2.34. The standard InChI is InChI=1S/C8H10N2O3S/c1-13-10-6-7-4-2-3-5-8(7)14(9,11)12/h2-6H,1H3,(H2,9,11,12)/b10-6+. The Balaban J connectivity index is 3.24. The number of rotatable bonds is 3. The van der Waals surface area contributed by atoms with Gasteiger partial charge in [-0.1, -0.05) is 23.4 Å². The molecule has 0 heterocycles. The Morgan fingerprint density at radius 1 is 1.43 bits per heavy atom. The smallest absolute Gasteiger partial charge is 0.238 e. The van der Waals surface area contributed by atoms with E-state index in [4.69, 9.17) is 5.14 Å². The van der Waals surface area contributed by atoms with E-state index in [1.165, 1.54) is 19.4 Å². The van der Waals surface area contributed by atoms with Gasteiger partial charge >= 0.3 is 0 Å². The molecule has 0 unspecified atom stereocenters. The first-order valence-corrected chi connectivity index (χ1v) is 5.28. The Hall–Kier alpha value is -1.40. The van der Waals surface area contributed by atoms with E-state index in [9.17, 15) is 8.42 Å². The van der Waals surface area contributed by atoms with Crippen LogP contribution in [0.4, 0.5) is 0 Å². The Bertz CT molecular complexity index is 440. The number of oxime groups is 1. The molecule has 0 aliphatic carbocycles. The summed E-state index contributed by atoms with van der Waals surface area (Å²) in [5, 5.41) is 8.47. The summed E-state index contributed by atoms with van der Waals surface area (Å²) in [4.78, 5) is 4.48. The largest absolute Gasteiger partial charge is 0.399 e. The van der Waals surface area contributed by atoms with Crippen molar-refractivity contribution in [2.45, 2.75) is 4.90 Å². The second-order valence-electron chi connectivity index (χ2n) is 2.50. The van der Waals surface area contributed by atoms with Crippen LogP contribution in [-0.2, 0) is 14.9 Å². The molecule has 76 valence electrons. The number of primary sulfonamides is 1. The molecule has 0 aliphatic rings. The molecule has 1 rings (SSSR count). The van der Waals surface area contributed by atoms with Crippen molar-refractivity contribution in [3.63, 3.8) is 0 Å². The van der Waals surface area contributed by atoms with E-state index in [0.29, 0.717) is 5.56 Å². The lowest BCUT2D eigenvalue weighted by atomic mass is 10.2. The lowest BCUT2D eigenvalue weighted by molar-refractivity contribution is 0.215. The zero-order chi connectivity index (χ0) is 10.6. The van der Waals surface area contributed by atoms with Gasteiger partial charge in [0.1, 0.15) is 7.11 Å². The fraction of sp³-hybridized carbons (Fsp3) is 0.125. The molecule has 1 aromatic rings. The summed E-state index contributed by atoms with van der Waals surface area (Å²) in [6, 6.07) is 6.27. The number of hydrogen-bond acceptors (Lipinski definition) is 4. The normalized spacial score (nSPS) is 11.9. The van der Waals surface area contributed by atoms with Crippen molar-refractivity contribution >= 4 is 16.2 Å². The molecule has 1 aromatic carbocycles. The Labute approximate surface area is 82.2 Å². The van der Waals surface area contributed by atoms with Crippen LogP contribution >= 0.6 is 0 Å². The van der Waals surface area contributed by atoms with E-state index in [1.54, 1.807) is 18.2 Å². The van der Waals surface area contributed by atoms with Gasteiger partial charge < -0.3 is 4.84 Å². The lowest BCUT2D eigenvalue weighted by Gasteiger charge is -2.01. The molecule has 0 amide bonds. The Morgan fingerprint density at radius 3 is 2.64 bits per heavy atom. The molecule has 0 atom stereocenters. The van der Waals surface area contributed by atoms with Gasteiger partial charge in [-0.05, 0) is 6.07 Å². The average molecular weight is 214 g/mol. The molecule has 0 saturated heterocycles. The summed E-state index contributed by atoms with van der Waals surface area (Å²) < 4.78 is 22.2. The van der Waals surface area contributed by atoms with Crippen molar-refractivity contribution in [3.05, 3.63) is 29.8 Å².